The van der Waals surface area contributed by atoms with Crippen molar-refractivity contribution in [3.63, 3.8) is 0 Å². The molecular formula is C21H23N3O2S2. The number of nitrogens with zero attached hydrogens (tertiary/aromatic N) is 2. The standard InChI is InChI=1S/C21H23N3O2S2/c1-3-4-5-15-6-8-16(9-7-15)19(25)14-27-21-24-23-20(28-21)22-17-10-12-18(26-2)13-11-17/h6-13H,3-5,14H2,1-2H3,(H,22,23). The second kappa shape index (κ2) is 10.2. The van der Waals surface area contributed by atoms with Gasteiger partial charge < -0.3 is 10.1 Å². The van der Waals surface area contributed by atoms with Crippen LogP contribution in [-0.4, -0.2) is 28.8 Å². The third kappa shape index (κ3) is 5.81. The lowest BCUT2D eigenvalue weighted by Gasteiger charge is -2.03. The minimum absolute atomic E-state index is 0.104. The lowest BCUT2D eigenvalue weighted by Crippen LogP contribution is -2.02. The lowest BCUT2D eigenvalue weighted by atomic mass is 10.1. The van der Waals surface area contributed by atoms with Gasteiger partial charge in [-0.2, -0.15) is 0 Å². The van der Waals surface area contributed by atoms with E-state index in [9.17, 15) is 4.79 Å². The van der Waals surface area contributed by atoms with Crippen LogP contribution in [0, 0.1) is 0 Å². The molecule has 2 aromatic carbocycles. The molecule has 0 amide bonds. The first-order valence-corrected chi connectivity index (χ1v) is 11.0. The molecule has 0 saturated heterocycles. The van der Waals surface area contributed by atoms with Gasteiger partial charge in [0.2, 0.25) is 5.13 Å². The molecule has 0 aliphatic heterocycles. The fraction of sp³-hybridized carbons (Fsp3) is 0.286. The topological polar surface area (TPSA) is 64.1 Å². The number of ketones is 1. The molecule has 0 spiro atoms. The number of methoxy groups -OCH3 is 1. The first-order valence-electron chi connectivity index (χ1n) is 9.17. The van der Waals surface area contributed by atoms with Crippen molar-refractivity contribution < 1.29 is 9.53 Å². The summed E-state index contributed by atoms with van der Waals surface area (Å²) in [6, 6.07) is 15.5. The van der Waals surface area contributed by atoms with E-state index < -0.39 is 0 Å². The van der Waals surface area contributed by atoms with Gasteiger partial charge in [0.15, 0.2) is 10.1 Å². The number of rotatable bonds is 10. The number of carbonyl (C=O) groups excluding carboxylic acids is 1. The van der Waals surface area contributed by atoms with Crippen LogP contribution in [-0.2, 0) is 6.42 Å². The summed E-state index contributed by atoms with van der Waals surface area (Å²) < 4.78 is 5.92. The molecule has 1 heterocycles. The van der Waals surface area contributed by atoms with Crippen molar-refractivity contribution in [2.24, 2.45) is 0 Å². The second-order valence-corrected chi connectivity index (χ2v) is 8.44. The van der Waals surface area contributed by atoms with Gasteiger partial charge in [-0.1, -0.05) is 60.7 Å². The van der Waals surface area contributed by atoms with Crippen LogP contribution in [0.3, 0.4) is 0 Å². The minimum Gasteiger partial charge on any atom is -0.497 e. The Hall–Kier alpha value is -2.38. The van der Waals surface area contributed by atoms with E-state index in [0.29, 0.717) is 10.9 Å². The Morgan fingerprint density at radius 2 is 1.86 bits per heavy atom. The largest absolute Gasteiger partial charge is 0.497 e. The van der Waals surface area contributed by atoms with Crippen molar-refractivity contribution in [2.75, 3.05) is 18.2 Å². The average Bonchev–Trinajstić information content (AvgIpc) is 3.18. The van der Waals surface area contributed by atoms with Crippen LogP contribution < -0.4 is 10.1 Å². The number of carbonyl (C=O) groups is 1. The molecule has 0 saturated carbocycles. The Bertz CT molecular complexity index is 893. The molecule has 5 nitrogen and oxygen atoms in total. The molecule has 28 heavy (non-hydrogen) atoms. The summed E-state index contributed by atoms with van der Waals surface area (Å²) in [5, 5.41) is 12.2. The monoisotopic (exact) mass is 413 g/mol. The highest BCUT2D eigenvalue weighted by atomic mass is 32.2. The van der Waals surface area contributed by atoms with Gasteiger partial charge in [-0.25, -0.2) is 0 Å². The maximum Gasteiger partial charge on any atom is 0.210 e. The fourth-order valence-corrected chi connectivity index (χ4v) is 4.23. The maximum absolute atomic E-state index is 12.4. The Kier molecular flexibility index (Phi) is 7.45. The number of Topliss-reactive ketones (excluding diaryl/α,β-unsaturated/α-hetero) is 1. The van der Waals surface area contributed by atoms with Crippen molar-refractivity contribution in [1.29, 1.82) is 0 Å². The molecule has 3 aromatic rings. The Morgan fingerprint density at radius 1 is 1.11 bits per heavy atom. The van der Waals surface area contributed by atoms with Gasteiger partial charge in [0, 0.05) is 11.3 Å². The normalized spacial score (nSPS) is 10.6. The predicted octanol–water partition coefficient (Wildman–Crippen LogP) is 5.61. The zero-order valence-corrected chi connectivity index (χ0v) is 17.6. The third-order valence-corrected chi connectivity index (χ3v) is 6.14. The third-order valence-electron chi connectivity index (χ3n) is 4.17. The van der Waals surface area contributed by atoms with Gasteiger partial charge in [0.1, 0.15) is 5.75 Å². The molecule has 0 radical (unpaired) electrons. The summed E-state index contributed by atoms with van der Waals surface area (Å²) in [4.78, 5) is 12.4. The second-order valence-electron chi connectivity index (χ2n) is 6.24. The van der Waals surface area contributed by atoms with Crippen LogP contribution in [0.5, 0.6) is 5.75 Å². The summed E-state index contributed by atoms with van der Waals surface area (Å²) >= 11 is 2.85. The van der Waals surface area contributed by atoms with E-state index in [0.717, 1.165) is 27.8 Å². The van der Waals surface area contributed by atoms with Crippen molar-refractivity contribution in [3.8, 4) is 5.75 Å². The number of ether oxygens (including phenoxy) is 1. The van der Waals surface area contributed by atoms with Gasteiger partial charge >= 0.3 is 0 Å². The number of thioether (sulfide) groups is 1. The number of hydrogen-bond donors (Lipinski definition) is 1. The van der Waals surface area contributed by atoms with E-state index in [2.05, 4.69) is 34.6 Å². The smallest absolute Gasteiger partial charge is 0.210 e. The molecule has 0 bridgehead atoms. The predicted molar refractivity (Wildman–Crippen MR) is 116 cm³/mol. The van der Waals surface area contributed by atoms with Crippen molar-refractivity contribution in [1.82, 2.24) is 10.2 Å². The first-order chi connectivity index (χ1) is 13.7. The van der Waals surface area contributed by atoms with Gasteiger partial charge in [-0.15, -0.1) is 10.2 Å². The van der Waals surface area contributed by atoms with E-state index in [-0.39, 0.29) is 5.78 Å². The van der Waals surface area contributed by atoms with Crippen molar-refractivity contribution >= 4 is 39.7 Å². The fourth-order valence-electron chi connectivity index (χ4n) is 2.57. The number of anilines is 2. The van der Waals surface area contributed by atoms with E-state index in [4.69, 9.17) is 4.74 Å². The number of hydrogen-bond acceptors (Lipinski definition) is 7. The average molecular weight is 414 g/mol. The molecular weight excluding hydrogens is 390 g/mol. The van der Waals surface area contributed by atoms with E-state index in [1.54, 1.807) is 7.11 Å². The summed E-state index contributed by atoms with van der Waals surface area (Å²) in [6.07, 6.45) is 3.41. The van der Waals surface area contributed by atoms with Crippen LogP contribution >= 0.6 is 23.1 Å². The van der Waals surface area contributed by atoms with Gasteiger partial charge in [-0.05, 0) is 42.7 Å². The molecule has 7 heteroatoms. The SMILES string of the molecule is CCCCc1ccc(C(=O)CSc2nnc(Nc3ccc(OC)cc3)s2)cc1. The molecule has 146 valence electrons. The highest BCUT2D eigenvalue weighted by Gasteiger charge is 2.10. The maximum atomic E-state index is 12.4. The Labute approximate surface area is 173 Å². The highest BCUT2D eigenvalue weighted by molar-refractivity contribution is 8.01. The molecule has 0 aliphatic carbocycles. The number of aryl methyl sites for hydroxylation is 1. The summed E-state index contributed by atoms with van der Waals surface area (Å²) in [7, 11) is 1.64. The Balaban J connectivity index is 1.51. The van der Waals surface area contributed by atoms with Crippen molar-refractivity contribution in [2.45, 2.75) is 30.5 Å². The molecule has 0 fully saturated rings. The van der Waals surface area contributed by atoms with E-state index in [1.807, 2.05) is 36.4 Å². The van der Waals surface area contributed by atoms with Gasteiger partial charge in [0.05, 0.1) is 12.9 Å². The molecule has 3 rings (SSSR count). The van der Waals surface area contributed by atoms with Gasteiger partial charge in [-0.3, -0.25) is 4.79 Å². The summed E-state index contributed by atoms with van der Waals surface area (Å²) in [5.74, 6) is 1.26. The van der Waals surface area contributed by atoms with Crippen molar-refractivity contribution in [3.05, 3.63) is 59.7 Å². The summed E-state index contributed by atoms with van der Waals surface area (Å²) in [5.41, 5.74) is 2.94. The van der Waals surface area contributed by atoms with Crippen LogP contribution in [0.4, 0.5) is 10.8 Å². The number of nitrogens with one attached hydrogen (secondary N) is 1. The van der Waals surface area contributed by atoms with Crippen LogP contribution in [0.25, 0.3) is 0 Å². The molecule has 0 atom stereocenters. The number of benzene rings is 2. The molecule has 1 aromatic heterocycles. The van der Waals surface area contributed by atoms with E-state index >= 15 is 0 Å². The number of aromatic nitrogens is 2. The lowest BCUT2D eigenvalue weighted by molar-refractivity contribution is 0.102. The summed E-state index contributed by atoms with van der Waals surface area (Å²) in [6.45, 7) is 2.18. The highest BCUT2D eigenvalue weighted by Crippen LogP contribution is 2.28. The quantitative estimate of drug-likeness (QED) is 0.344. The van der Waals surface area contributed by atoms with E-state index in [1.165, 1.54) is 41.5 Å². The van der Waals surface area contributed by atoms with Gasteiger partial charge in [0.25, 0.3) is 0 Å². The van der Waals surface area contributed by atoms with Crippen LogP contribution in [0.1, 0.15) is 35.7 Å². The first kappa shape index (κ1) is 20.4. The molecule has 0 unspecified atom stereocenters. The number of unbranched alkanes of at least 4 members (excludes halogenated alkanes) is 1. The zero-order valence-electron chi connectivity index (χ0n) is 16.0. The van der Waals surface area contributed by atoms with Crippen LogP contribution in [0.15, 0.2) is 52.9 Å². The minimum atomic E-state index is 0.104. The molecule has 1 N–H and O–H groups in total. The zero-order chi connectivity index (χ0) is 19.8. The molecule has 0 aliphatic rings. The van der Waals surface area contributed by atoms with Crippen LogP contribution in [0.2, 0.25) is 0 Å². The Morgan fingerprint density at radius 3 is 2.54 bits per heavy atom.